The van der Waals surface area contributed by atoms with Crippen LogP contribution in [0.2, 0.25) is 0 Å². The van der Waals surface area contributed by atoms with Crippen molar-refractivity contribution in [2.75, 3.05) is 0 Å². The van der Waals surface area contributed by atoms with Crippen LogP contribution in [0.25, 0.3) is 0 Å². The number of aryl methyl sites for hydroxylation is 1. The fraction of sp³-hybridized carbons (Fsp3) is 0.500. The highest BCUT2D eigenvalue weighted by atomic mass is 16.4. The van der Waals surface area contributed by atoms with Gasteiger partial charge in [0.25, 0.3) is 5.91 Å². The van der Waals surface area contributed by atoms with Crippen LogP contribution in [0.1, 0.15) is 35.4 Å². The minimum Gasteiger partial charge on any atom is -0.481 e. The second-order valence-corrected chi connectivity index (χ2v) is 4.45. The third kappa shape index (κ3) is 2.87. The van der Waals surface area contributed by atoms with Gasteiger partial charge in [-0.25, -0.2) is 0 Å². The van der Waals surface area contributed by atoms with Crippen molar-refractivity contribution >= 4 is 11.9 Å². The van der Waals surface area contributed by atoms with E-state index in [2.05, 4.69) is 5.32 Å². The van der Waals surface area contributed by atoms with Crippen LogP contribution < -0.4 is 5.32 Å². The lowest BCUT2D eigenvalue weighted by atomic mass is 10.1. The lowest BCUT2D eigenvalue weighted by Gasteiger charge is -2.15. The Morgan fingerprint density at radius 3 is 2.76 bits per heavy atom. The molecule has 0 aliphatic heterocycles. The fourth-order valence-electron chi connectivity index (χ4n) is 1.86. The molecule has 17 heavy (non-hydrogen) atoms. The summed E-state index contributed by atoms with van der Waals surface area (Å²) >= 11 is 0. The first kappa shape index (κ1) is 11.7. The molecule has 0 unspecified atom stereocenters. The van der Waals surface area contributed by atoms with Crippen LogP contribution in [0.4, 0.5) is 0 Å². The van der Waals surface area contributed by atoms with Gasteiger partial charge >= 0.3 is 5.97 Å². The van der Waals surface area contributed by atoms with E-state index < -0.39 is 5.97 Å². The van der Waals surface area contributed by atoms with Crippen LogP contribution in [0.15, 0.2) is 16.7 Å². The van der Waals surface area contributed by atoms with Gasteiger partial charge in [-0.1, -0.05) is 0 Å². The molecule has 1 heterocycles. The van der Waals surface area contributed by atoms with Gasteiger partial charge in [-0.05, 0) is 31.7 Å². The summed E-state index contributed by atoms with van der Waals surface area (Å²) in [7, 11) is 0. The Balaban J connectivity index is 2.00. The summed E-state index contributed by atoms with van der Waals surface area (Å²) in [5.41, 5.74) is 0.757. The first-order valence-electron chi connectivity index (χ1n) is 5.64. The van der Waals surface area contributed by atoms with Crippen molar-refractivity contribution in [2.45, 2.75) is 32.2 Å². The van der Waals surface area contributed by atoms with E-state index in [0.29, 0.717) is 5.92 Å². The molecule has 0 saturated heterocycles. The number of carboxylic acid groups (broad SMARTS) is 1. The van der Waals surface area contributed by atoms with Gasteiger partial charge in [0, 0.05) is 11.6 Å². The zero-order chi connectivity index (χ0) is 12.4. The average molecular weight is 237 g/mol. The summed E-state index contributed by atoms with van der Waals surface area (Å²) in [6, 6.07) is 1.42. The van der Waals surface area contributed by atoms with Crippen molar-refractivity contribution < 1.29 is 19.1 Å². The maximum atomic E-state index is 11.9. The van der Waals surface area contributed by atoms with E-state index >= 15 is 0 Å². The quantitative estimate of drug-likeness (QED) is 0.814. The number of furan rings is 1. The molecule has 1 atom stereocenters. The number of aliphatic carboxylic acids is 1. The number of amides is 1. The van der Waals surface area contributed by atoms with Crippen molar-refractivity contribution in [2.24, 2.45) is 5.92 Å². The van der Waals surface area contributed by atoms with Crippen LogP contribution in [0, 0.1) is 12.8 Å². The van der Waals surface area contributed by atoms with Crippen LogP contribution in [-0.2, 0) is 4.79 Å². The zero-order valence-electron chi connectivity index (χ0n) is 9.60. The normalized spacial score (nSPS) is 16.5. The maximum absolute atomic E-state index is 11.9. The number of carboxylic acids is 1. The first-order chi connectivity index (χ1) is 8.08. The van der Waals surface area contributed by atoms with Crippen LogP contribution in [0.5, 0.6) is 0 Å². The molecule has 1 saturated carbocycles. The third-order valence-electron chi connectivity index (χ3n) is 2.97. The first-order valence-corrected chi connectivity index (χ1v) is 5.64. The van der Waals surface area contributed by atoms with E-state index in [1.807, 2.05) is 0 Å². The van der Waals surface area contributed by atoms with Gasteiger partial charge < -0.3 is 14.8 Å². The van der Waals surface area contributed by atoms with Gasteiger partial charge in [0.05, 0.1) is 12.7 Å². The van der Waals surface area contributed by atoms with E-state index in [1.54, 1.807) is 13.0 Å². The van der Waals surface area contributed by atoms with Gasteiger partial charge in [0.15, 0.2) is 5.76 Å². The molecule has 1 aliphatic carbocycles. The Kier molecular flexibility index (Phi) is 3.17. The van der Waals surface area contributed by atoms with Gasteiger partial charge in [-0.3, -0.25) is 9.59 Å². The lowest BCUT2D eigenvalue weighted by molar-refractivity contribution is -0.137. The molecule has 1 amide bonds. The molecule has 1 aromatic rings. The number of nitrogens with one attached hydrogen (secondary N) is 1. The molecule has 5 heteroatoms. The minimum atomic E-state index is -0.890. The Bertz CT molecular complexity index is 433. The number of hydrogen-bond donors (Lipinski definition) is 2. The molecule has 2 rings (SSSR count). The number of carbonyl (C=O) groups is 2. The topological polar surface area (TPSA) is 79.5 Å². The molecule has 5 nitrogen and oxygen atoms in total. The summed E-state index contributed by atoms with van der Waals surface area (Å²) in [5, 5.41) is 11.5. The van der Waals surface area contributed by atoms with E-state index in [4.69, 9.17) is 9.52 Å². The Morgan fingerprint density at radius 2 is 2.29 bits per heavy atom. The molecule has 0 spiro atoms. The summed E-state index contributed by atoms with van der Waals surface area (Å²) in [4.78, 5) is 22.6. The molecule has 2 N–H and O–H groups in total. The highest BCUT2D eigenvalue weighted by molar-refractivity contribution is 5.93. The van der Waals surface area contributed by atoms with Crippen LogP contribution in [0.3, 0.4) is 0 Å². The average Bonchev–Trinajstić information content (AvgIpc) is 3.00. The number of rotatable bonds is 5. The zero-order valence-corrected chi connectivity index (χ0v) is 9.60. The van der Waals surface area contributed by atoms with Gasteiger partial charge in [0.2, 0.25) is 0 Å². The smallest absolute Gasteiger partial charge is 0.305 e. The van der Waals surface area contributed by atoms with Crippen molar-refractivity contribution in [1.29, 1.82) is 0 Å². The van der Waals surface area contributed by atoms with Gasteiger partial charge in [-0.15, -0.1) is 0 Å². The maximum Gasteiger partial charge on any atom is 0.305 e. The summed E-state index contributed by atoms with van der Waals surface area (Å²) in [6.45, 7) is 1.78. The van der Waals surface area contributed by atoms with Gasteiger partial charge in [-0.2, -0.15) is 0 Å². The molecule has 92 valence electrons. The molecule has 0 aromatic carbocycles. The number of hydrogen-bond acceptors (Lipinski definition) is 3. The molecular formula is C12H15NO4. The standard InChI is InChI=1S/C12H15NO4/c1-7-4-5-17-11(7)12(16)13-9(6-10(14)15)8-2-3-8/h4-5,8-9H,2-3,6H2,1H3,(H,13,16)(H,14,15)/t9-/m0/s1. The molecule has 1 aliphatic rings. The predicted octanol–water partition coefficient (Wildman–Crippen LogP) is 1.57. The van der Waals surface area contributed by atoms with E-state index in [1.165, 1.54) is 6.26 Å². The number of carbonyl (C=O) groups excluding carboxylic acids is 1. The highest BCUT2D eigenvalue weighted by Gasteiger charge is 2.34. The Hall–Kier alpha value is -1.78. The summed E-state index contributed by atoms with van der Waals surface area (Å²) in [5.74, 6) is -0.657. The largest absolute Gasteiger partial charge is 0.481 e. The molecule has 0 radical (unpaired) electrons. The molecule has 0 bridgehead atoms. The van der Waals surface area contributed by atoms with Crippen molar-refractivity contribution in [3.05, 3.63) is 23.7 Å². The van der Waals surface area contributed by atoms with Crippen LogP contribution in [-0.4, -0.2) is 23.0 Å². The monoisotopic (exact) mass is 237 g/mol. The Morgan fingerprint density at radius 1 is 1.59 bits per heavy atom. The Labute approximate surface area is 98.8 Å². The summed E-state index contributed by atoms with van der Waals surface area (Å²) < 4.78 is 5.07. The third-order valence-corrected chi connectivity index (χ3v) is 2.97. The van der Waals surface area contributed by atoms with Crippen molar-refractivity contribution in [1.82, 2.24) is 5.32 Å². The van der Waals surface area contributed by atoms with Crippen molar-refractivity contribution in [3.8, 4) is 0 Å². The van der Waals surface area contributed by atoms with E-state index in [9.17, 15) is 9.59 Å². The molecular weight excluding hydrogens is 222 g/mol. The SMILES string of the molecule is Cc1ccoc1C(=O)N[C@@H](CC(=O)O)C1CC1. The lowest BCUT2D eigenvalue weighted by Crippen LogP contribution is -2.38. The second kappa shape index (κ2) is 4.61. The minimum absolute atomic E-state index is 0.0316. The fourth-order valence-corrected chi connectivity index (χ4v) is 1.86. The van der Waals surface area contributed by atoms with Crippen LogP contribution >= 0.6 is 0 Å². The summed E-state index contributed by atoms with van der Waals surface area (Å²) in [6.07, 6.45) is 3.38. The van der Waals surface area contributed by atoms with E-state index in [-0.39, 0.29) is 24.1 Å². The van der Waals surface area contributed by atoms with E-state index in [0.717, 1.165) is 18.4 Å². The molecule has 1 fully saturated rings. The highest BCUT2D eigenvalue weighted by Crippen LogP contribution is 2.34. The second-order valence-electron chi connectivity index (χ2n) is 4.45. The molecule has 1 aromatic heterocycles. The predicted molar refractivity (Wildman–Crippen MR) is 59.7 cm³/mol. The van der Waals surface area contributed by atoms with Gasteiger partial charge in [0.1, 0.15) is 0 Å². The van der Waals surface area contributed by atoms with Crippen molar-refractivity contribution in [3.63, 3.8) is 0 Å².